The average molecular weight is 362 g/mol. The molecule has 1 aromatic heterocycles. The molecule has 3 aromatic carbocycles. The quantitative estimate of drug-likeness (QED) is 0.442. The molecule has 0 saturated heterocycles. The van der Waals surface area contributed by atoms with E-state index in [9.17, 15) is 4.79 Å². The summed E-state index contributed by atoms with van der Waals surface area (Å²) in [4.78, 5) is 18.7. The molecular formula is C25H18N2O. The first-order valence-electron chi connectivity index (χ1n) is 9.95. The lowest BCUT2D eigenvalue weighted by Crippen LogP contribution is -2.39. The number of carbonyl (C=O) groups is 1. The number of imidazole rings is 1. The molecule has 28 heavy (non-hydrogen) atoms. The van der Waals surface area contributed by atoms with E-state index >= 15 is 0 Å². The van der Waals surface area contributed by atoms with Crippen LogP contribution < -0.4 is 0 Å². The highest BCUT2D eigenvalue weighted by Gasteiger charge is 2.58. The van der Waals surface area contributed by atoms with Crippen LogP contribution in [0.3, 0.4) is 0 Å². The van der Waals surface area contributed by atoms with Crippen LogP contribution in [0.5, 0.6) is 0 Å². The van der Waals surface area contributed by atoms with Crippen molar-refractivity contribution in [3.05, 3.63) is 100 Å². The van der Waals surface area contributed by atoms with Crippen LogP contribution in [0.1, 0.15) is 56.2 Å². The Kier molecular flexibility index (Phi) is 2.54. The molecule has 2 unspecified atom stereocenters. The first-order valence-corrected chi connectivity index (χ1v) is 9.95. The molecule has 4 aromatic rings. The lowest BCUT2D eigenvalue weighted by molar-refractivity contribution is 0.0829. The zero-order chi connectivity index (χ0) is 18.6. The first-order chi connectivity index (χ1) is 13.7. The van der Waals surface area contributed by atoms with E-state index in [4.69, 9.17) is 4.98 Å². The maximum atomic E-state index is 13.7. The Morgan fingerprint density at radius 3 is 1.96 bits per heavy atom. The van der Waals surface area contributed by atoms with Gasteiger partial charge < -0.3 is 0 Å². The highest BCUT2D eigenvalue weighted by molar-refractivity contribution is 5.98. The summed E-state index contributed by atoms with van der Waals surface area (Å²) in [6.45, 7) is 2.07. The standard InChI is InChI=1S/C25H18N2O/c1-13-10-11-18-19(12-13)27-24(26-18)22-20-14-6-2-4-8-16(14)21(23(22)25(27)28)17-9-5-3-7-15(17)20/h2-12,20-23H,1H3. The minimum Gasteiger partial charge on any atom is -0.274 e. The van der Waals surface area contributed by atoms with Crippen molar-refractivity contribution in [2.45, 2.75) is 24.7 Å². The molecule has 2 bridgehead atoms. The normalized spacial score (nSPS) is 26.1. The number of nitrogens with zero attached hydrogens (tertiary/aromatic N) is 2. The molecule has 0 amide bonds. The Morgan fingerprint density at radius 1 is 0.786 bits per heavy atom. The first kappa shape index (κ1) is 14.8. The summed E-state index contributed by atoms with van der Waals surface area (Å²) in [6, 6.07) is 23.6. The smallest absolute Gasteiger partial charge is 0.237 e. The Morgan fingerprint density at radius 2 is 1.36 bits per heavy atom. The van der Waals surface area contributed by atoms with E-state index in [-0.39, 0.29) is 29.6 Å². The number of rotatable bonds is 0. The van der Waals surface area contributed by atoms with Crippen molar-refractivity contribution >= 4 is 16.9 Å². The van der Waals surface area contributed by atoms with Crippen LogP contribution in [0.25, 0.3) is 11.0 Å². The molecular weight excluding hydrogens is 344 g/mol. The Hall–Kier alpha value is -3.20. The van der Waals surface area contributed by atoms with E-state index in [0.717, 1.165) is 22.4 Å². The van der Waals surface area contributed by atoms with Gasteiger partial charge in [0.05, 0.1) is 17.0 Å². The van der Waals surface area contributed by atoms with Gasteiger partial charge in [-0.25, -0.2) is 4.98 Å². The van der Waals surface area contributed by atoms with Gasteiger partial charge in [-0.2, -0.15) is 0 Å². The Balaban J connectivity index is 1.57. The van der Waals surface area contributed by atoms with Crippen LogP contribution in [0.2, 0.25) is 0 Å². The van der Waals surface area contributed by atoms with Crippen LogP contribution in [-0.2, 0) is 0 Å². The Labute approximate surface area is 162 Å². The summed E-state index contributed by atoms with van der Waals surface area (Å²) in [7, 11) is 0. The summed E-state index contributed by atoms with van der Waals surface area (Å²) in [5.41, 5.74) is 8.44. The van der Waals surface area contributed by atoms with Crippen LogP contribution in [-0.4, -0.2) is 15.5 Å². The van der Waals surface area contributed by atoms with Crippen LogP contribution in [0, 0.1) is 12.8 Å². The SMILES string of the molecule is Cc1ccc2nc3n(c2c1)C(=O)C1C2c4ccccc4C(c4ccccc42)C31. The van der Waals surface area contributed by atoms with Crippen LogP contribution >= 0.6 is 0 Å². The van der Waals surface area contributed by atoms with E-state index in [1.54, 1.807) is 0 Å². The van der Waals surface area contributed by atoms with Crippen molar-refractivity contribution in [3.8, 4) is 0 Å². The molecule has 8 rings (SSSR count). The number of aryl methyl sites for hydroxylation is 1. The number of carbonyl (C=O) groups excluding carboxylic acids is 1. The summed E-state index contributed by atoms with van der Waals surface area (Å²) >= 11 is 0. The number of hydrogen-bond donors (Lipinski definition) is 0. The molecule has 0 fully saturated rings. The summed E-state index contributed by atoms with van der Waals surface area (Å²) in [6.07, 6.45) is 0. The summed E-state index contributed by atoms with van der Waals surface area (Å²) < 4.78 is 1.93. The molecule has 3 nitrogen and oxygen atoms in total. The number of aromatic nitrogens is 2. The largest absolute Gasteiger partial charge is 0.274 e. The second kappa shape index (κ2) is 4.79. The van der Waals surface area contributed by atoms with Gasteiger partial charge in [-0.15, -0.1) is 0 Å². The predicted molar refractivity (Wildman–Crippen MR) is 108 cm³/mol. The van der Waals surface area contributed by atoms with Gasteiger partial charge in [0.1, 0.15) is 5.82 Å². The molecule has 1 aliphatic heterocycles. The number of hydrogen-bond acceptors (Lipinski definition) is 2. The van der Waals surface area contributed by atoms with Crippen molar-refractivity contribution in [3.63, 3.8) is 0 Å². The van der Waals surface area contributed by atoms with E-state index in [1.165, 1.54) is 22.3 Å². The molecule has 3 aliphatic carbocycles. The van der Waals surface area contributed by atoms with E-state index in [1.807, 2.05) is 10.6 Å². The van der Waals surface area contributed by atoms with Crippen molar-refractivity contribution < 1.29 is 4.79 Å². The van der Waals surface area contributed by atoms with E-state index in [2.05, 4.69) is 67.6 Å². The Bertz CT molecular complexity index is 1280. The van der Waals surface area contributed by atoms with Crippen molar-refractivity contribution in [1.82, 2.24) is 9.55 Å². The maximum absolute atomic E-state index is 13.7. The molecule has 2 heterocycles. The molecule has 2 atom stereocenters. The highest BCUT2D eigenvalue weighted by Crippen LogP contribution is 2.63. The summed E-state index contributed by atoms with van der Waals surface area (Å²) in [5.74, 6) is 1.56. The number of benzene rings is 3. The molecule has 0 saturated carbocycles. The van der Waals surface area contributed by atoms with Gasteiger partial charge in [0, 0.05) is 17.8 Å². The third-order valence-corrected chi connectivity index (χ3v) is 7.08. The molecule has 0 spiro atoms. The zero-order valence-electron chi connectivity index (χ0n) is 15.5. The lowest BCUT2D eigenvalue weighted by atomic mass is 9.55. The van der Waals surface area contributed by atoms with Crippen molar-refractivity contribution in [1.29, 1.82) is 0 Å². The fourth-order valence-electron chi connectivity index (χ4n) is 6.09. The second-order valence-electron chi connectivity index (χ2n) is 8.40. The molecule has 4 aliphatic rings. The lowest BCUT2D eigenvalue weighted by Gasteiger charge is -2.46. The van der Waals surface area contributed by atoms with Gasteiger partial charge in [-0.05, 0) is 46.9 Å². The van der Waals surface area contributed by atoms with Crippen LogP contribution in [0.15, 0.2) is 66.7 Å². The predicted octanol–water partition coefficient (Wildman–Crippen LogP) is 4.99. The third kappa shape index (κ3) is 1.54. The van der Waals surface area contributed by atoms with Gasteiger partial charge in [-0.3, -0.25) is 9.36 Å². The van der Waals surface area contributed by atoms with Gasteiger partial charge >= 0.3 is 0 Å². The second-order valence-corrected chi connectivity index (χ2v) is 8.40. The molecule has 0 N–H and O–H groups in total. The molecule has 3 heteroatoms. The van der Waals surface area contributed by atoms with E-state index in [0.29, 0.717) is 0 Å². The minimum absolute atomic E-state index is 0.0535. The topological polar surface area (TPSA) is 34.9 Å². The highest BCUT2D eigenvalue weighted by atomic mass is 16.2. The van der Waals surface area contributed by atoms with Gasteiger partial charge in [0.15, 0.2) is 0 Å². The van der Waals surface area contributed by atoms with Gasteiger partial charge in [-0.1, -0.05) is 54.6 Å². The third-order valence-electron chi connectivity index (χ3n) is 7.08. The fourth-order valence-corrected chi connectivity index (χ4v) is 6.09. The van der Waals surface area contributed by atoms with Crippen LogP contribution in [0.4, 0.5) is 0 Å². The average Bonchev–Trinajstić information content (AvgIpc) is 3.24. The molecule has 0 radical (unpaired) electrons. The van der Waals surface area contributed by atoms with Gasteiger partial charge in [0.2, 0.25) is 5.91 Å². The van der Waals surface area contributed by atoms with Crippen molar-refractivity contribution in [2.75, 3.05) is 0 Å². The monoisotopic (exact) mass is 362 g/mol. The molecule has 134 valence electrons. The minimum atomic E-state index is -0.0535. The van der Waals surface area contributed by atoms with Gasteiger partial charge in [0.25, 0.3) is 0 Å². The van der Waals surface area contributed by atoms with Crippen molar-refractivity contribution in [2.24, 2.45) is 5.92 Å². The fraction of sp³-hybridized carbons (Fsp3) is 0.200. The van der Waals surface area contributed by atoms with E-state index < -0.39 is 0 Å². The summed E-state index contributed by atoms with van der Waals surface area (Å²) in [5, 5.41) is 0. The zero-order valence-corrected chi connectivity index (χ0v) is 15.5. The maximum Gasteiger partial charge on any atom is 0.237 e. The number of fused-ring (bicyclic) bond motifs is 3.